The fraction of sp³-hybridized carbons (Fsp3) is 0.750. The summed E-state index contributed by atoms with van der Waals surface area (Å²) >= 11 is 0. The number of allylic oxidation sites excluding steroid dienone is 4. The van der Waals surface area contributed by atoms with E-state index < -0.39 is 23.0 Å². The fourth-order valence-electron chi connectivity index (χ4n) is 4.46. The highest BCUT2D eigenvalue weighted by Gasteiger charge is 2.42. The van der Waals surface area contributed by atoms with Gasteiger partial charge in [0.15, 0.2) is 0 Å². The first kappa shape index (κ1) is 26.4. The topological polar surface area (TPSA) is 93.1 Å². The van der Waals surface area contributed by atoms with E-state index in [1.807, 2.05) is 40.7 Å². The lowest BCUT2D eigenvalue weighted by Crippen LogP contribution is -2.46. The SMILES string of the molecule is CC1=CCC(C(C)(C)O)C(C(C)(C)O)C1.COC(=O)C1CC=C(C)CC1C(=O)OC. The lowest BCUT2D eigenvalue weighted by molar-refractivity contribution is -0.157. The molecule has 4 unspecified atom stereocenters. The summed E-state index contributed by atoms with van der Waals surface area (Å²) < 4.78 is 9.36. The van der Waals surface area contributed by atoms with Gasteiger partial charge < -0.3 is 19.7 Å². The zero-order valence-electron chi connectivity index (χ0n) is 19.8. The normalized spacial score (nSPS) is 27.1. The van der Waals surface area contributed by atoms with Gasteiger partial charge in [-0.25, -0.2) is 0 Å². The van der Waals surface area contributed by atoms with Crippen LogP contribution in [-0.4, -0.2) is 47.6 Å². The molecule has 0 aromatic carbocycles. The number of esters is 2. The molecule has 0 heterocycles. The van der Waals surface area contributed by atoms with Crippen molar-refractivity contribution in [3.05, 3.63) is 23.3 Å². The number of aliphatic hydroxyl groups is 2. The van der Waals surface area contributed by atoms with Crippen LogP contribution in [0.5, 0.6) is 0 Å². The molecule has 0 radical (unpaired) electrons. The van der Waals surface area contributed by atoms with E-state index in [1.165, 1.54) is 19.8 Å². The van der Waals surface area contributed by atoms with Crippen LogP contribution in [0, 0.1) is 23.7 Å². The second-order valence-electron chi connectivity index (χ2n) is 9.76. The summed E-state index contributed by atoms with van der Waals surface area (Å²) in [4.78, 5) is 22.9. The molecule has 6 nitrogen and oxygen atoms in total. The Hall–Kier alpha value is -1.66. The summed E-state index contributed by atoms with van der Waals surface area (Å²) in [6.07, 6.45) is 7.04. The van der Waals surface area contributed by atoms with Gasteiger partial charge in [-0.05, 0) is 79.1 Å². The second kappa shape index (κ2) is 10.6. The molecule has 0 aliphatic heterocycles. The number of methoxy groups -OCH3 is 2. The maximum Gasteiger partial charge on any atom is 0.309 e. The number of rotatable bonds is 4. The number of hydrogen-bond donors (Lipinski definition) is 2. The van der Waals surface area contributed by atoms with E-state index in [4.69, 9.17) is 0 Å². The third kappa shape index (κ3) is 7.24. The van der Waals surface area contributed by atoms with Crippen LogP contribution in [0.25, 0.3) is 0 Å². The molecule has 2 N–H and O–H groups in total. The Morgan fingerprint density at radius 3 is 1.70 bits per heavy atom. The Morgan fingerprint density at radius 2 is 1.23 bits per heavy atom. The van der Waals surface area contributed by atoms with Crippen molar-refractivity contribution in [2.45, 2.75) is 78.4 Å². The van der Waals surface area contributed by atoms with E-state index in [2.05, 4.69) is 22.5 Å². The van der Waals surface area contributed by atoms with Crippen LogP contribution in [0.15, 0.2) is 23.3 Å². The number of carbonyl (C=O) groups excluding carboxylic acids is 2. The molecule has 0 fully saturated rings. The zero-order chi connectivity index (χ0) is 23.3. The summed E-state index contributed by atoms with van der Waals surface area (Å²) in [5.41, 5.74) is 0.996. The van der Waals surface area contributed by atoms with Crippen molar-refractivity contribution in [1.82, 2.24) is 0 Å². The van der Waals surface area contributed by atoms with Gasteiger partial charge in [0.2, 0.25) is 0 Å². The quantitative estimate of drug-likeness (QED) is 0.527. The Balaban J connectivity index is 0.000000300. The van der Waals surface area contributed by atoms with Crippen LogP contribution >= 0.6 is 0 Å². The van der Waals surface area contributed by atoms with Crippen LogP contribution in [0.1, 0.15) is 67.2 Å². The minimum Gasteiger partial charge on any atom is -0.469 e. The van der Waals surface area contributed by atoms with E-state index in [-0.39, 0.29) is 23.8 Å². The molecular weight excluding hydrogens is 384 g/mol. The van der Waals surface area contributed by atoms with Crippen molar-refractivity contribution in [2.75, 3.05) is 14.2 Å². The molecule has 172 valence electrons. The minimum atomic E-state index is -0.722. The Morgan fingerprint density at radius 1 is 0.800 bits per heavy atom. The molecule has 0 spiro atoms. The number of hydrogen-bond acceptors (Lipinski definition) is 6. The molecule has 2 rings (SSSR count). The van der Waals surface area contributed by atoms with Crippen molar-refractivity contribution in [1.29, 1.82) is 0 Å². The second-order valence-corrected chi connectivity index (χ2v) is 9.76. The lowest BCUT2D eigenvalue weighted by Gasteiger charge is -2.44. The van der Waals surface area contributed by atoms with Gasteiger partial charge in [-0.15, -0.1) is 0 Å². The molecule has 0 aromatic rings. The third-order valence-electron chi connectivity index (χ3n) is 6.32. The highest BCUT2D eigenvalue weighted by molar-refractivity contribution is 5.82. The molecule has 0 saturated carbocycles. The van der Waals surface area contributed by atoms with Crippen molar-refractivity contribution in [3.8, 4) is 0 Å². The van der Waals surface area contributed by atoms with E-state index >= 15 is 0 Å². The average molecular weight is 425 g/mol. The van der Waals surface area contributed by atoms with Gasteiger partial charge in [0.1, 0.15) is 0 Å². The molecule has 2 aliphatic carbocycles. The van der Waals surface area contributed by atoms with E-state index in [0.29, 0.717) is 12.8 Å². The molecular formula is C24H40O6. The summed E-state index contributed by atoms with van der Waals surface area (Å²) in [5.74, 6) is -1.19. The van der Waals surface area contributed by atoms with Gasteiger partial charge in [-0.2, -0.15) is 0 Å². The van der Waals surface area contributed by atoms with E-state index in [1.54, 1.807) is 0 Å². The van der Waals surface area contributed by atoms with Crippen molar-refractivity contribution < 1.29 is 29.3 Å². The van der Waals surface area contributed by atoms with Crippen LogP contribution in [-0.2, 0) is 19.1 Å². The Labute approximate surface area is 181 Å². The minimum absolute atomic E-state index is 0.140. The largest absolute Gasteiger partial charge is 0.469 e. The predicted octanol–water partition coefficient (Wildman–Crippen LogP) is 3.81. The summed E-state index contributed by atoms with van der Waals surface area (Å²) in [6, 6.07) is 0. The van der Waals surface area contributed by atoms with Crippen molar-refractivity contribution in [2.24, 2.45) is 23.7 Å². The highest BCUT2D eigenvalue weighted by Crippen LogP contribution is 2.42. The fourth-order valence-corrected chi connectivity index (χ4v) is 4.46. The summed E-state index contributed by atoms with van der Waals surface area (Å²) in [7, 11) is 2.67. The summed E-state index contributed by atoms with van der Waals surface area (Å²) in [5, 5.41) is 20.3. The summed E-state index contributed by atoms with van der Waals surface area (Å²) in [6.45, 7) is 11.4. The number of carbonyl (C=O) groups is 2. The first-order valence-electron chi connectivity index (χ1n) is 10.6. The van der Waals surface area contributed by atoms with Gasteiger partial charge in [-0.1, -0.05) is 23.3 Å². The smallest absolute Gasteiger partial charge is 0.309 e. The van der Waals surface area contributed by atoms with E-state index in [0.717, 1.165) is 18.4 Å². The standard InChI is InChI=1S/C13H24O2.C11H16O4/c1-9-6-7-10(12(2,3)14)11(8-9)13(4,5)15;1-7-4-5-8(10(12)14-2)9(6-7)11(13)15-3/h6,10-11,14-15H,7-8H2,1-5H3;4,8-9H,5-6H2,1-3H3. The van der Waals surface area contributed by atoms with Gasteiger partial charge in [-0.3, -0.25) is 9.59 Å². The van der Waals surface area contributed by atoms with Gasteiger partial charge in [0.25, 0.3) is 0 Å². The van der Waals surface area contributed by atoms with Gasteiger partial charge in [0.05, 0.1) is 37.3 Å². The Bertz CT molecular complexity index is 662. The number of ether oxygens (including phenoxy) is 2. The monoisotopic (exact) mass is 424 g/mol. The lowest BCUT2D eigenvalue weighted by atomic mass is 9.66. The molecule has 2 aliphatic rings. The third-order valence-corrected chi connectivity index (χ3v) is 6.32. The van der Waals surface area contributed by atoms with Crippen LogP contribution in [0.4, 0.5) is 0 Å². The van der Waals surface area contributed by atoms with Gasteiger partial charge >= 0.3 is 11.9 Å². The van der Waals surface area contributed by atoms with Crippen LogP contribution in [0.3, 0.4) is 0 Å². The molecule has 30 heavy (non-hydrogen) atoms. The Kier molecular flexibility index (Phi) is 9.30. The molecule has 4 atom stereocenters. The van der Waals surface area contributed by atoms with Crippen LogP contribution in [0.2, 0.25) is 0 Å². The molecule has 0 aromatic heterocycles. The first-order chi connectivity index (χ1) is 13.7. The maximum absolute atomic E-state index is 11.5. The highest BCUT2D eigenvalue weighted by atomic mass is 16.5. The van der Waals surface area contributed by atoms with E-state index in [9.17, 15) is 19.8 Å². The molecule has 0 amide bonds. The van der Waals surface area contributed by atoms with Crippen molar-refractivity contribution >= 4 is 11.9 Å². The van der Waals surface area contributed by atoms with Crippen LogP contribution < -0.4 is 0 Å². The van der Waals surface area contributed by atoms with Crippen molar-refractivity contribution in [3.63, 3.8) is 0 Å². The zero-order valence-corrected chi connectivity index (χ0v) is 19.8. The molecule has 6 heteroatoms. The maximum atomic E-state index is 11.5. The average Bonchev–Trinajstić information content (AvgIpc) is 2.65. The van der Waals surface area contributed by atoms with Gasteiger partial charge in [0, 0.05) is 0 Å². The predicted molar refractivity (Wildman–Crippen MR) is 117 cm³/mol. The molecule has 0 saturated heterocycles. The first-order valence-corrected chi connectivity index (χ1v) is 10.6. The molecule has 0 bridgehead atoms.